The molecular formula is C22H24FN3O2. The Balaban J connectivity index is 1.62. The fraction of sp³-hybridized carbons (Fsp3) is 0.273. The molecule has 0 bridgehead atoms. The van der Waals surface area contributed by atoms with Crippen LogP contribution in [0.2, 0.25) is 0 Å². The molecule has 0 atom stereocenters. The Morgan fingerprint density at radius 1 is 1.14 bits per heavy atom. The summed E-state index contributed by atoms with van der Waals surface area (Å²) >= 11 is 0. The summed E-state index contributed by atoms with van der Waals surface area (Å²) in [5, 5.41) is 5.48. The minimum atomic E-state index is -0.419. The van der Waals surface area contributed by atoms with Crippen LogP contribution in [0.3, 0.4) is 0 Å². The van der Waals surface area contributed by atoms with Crippen LogP contribution < -0.4 is 10.6 Å². The van der Waals surface area contributed by atoms with E-state index in [1.165, 1.54) is 12.1 Å². The lowest BCUT2D eigenvalue weighted by molar-refractivity contribution is -0.127. The third kappa shape index (κ3) is 4.57. The van der Waals surface area contributed by atoms with Gasteiger partial charge in [-0.1, -0.05) is 24.8 Å². The van der Waals surface area contributed by atoms with Crippen molar-refractivity contribution in [2.45, 2.75) is 25.7 Å². The van der Waals surface area contributed by atoms with Gasteiger partial charge in [-0.3, -0.25) is 4.79 Å². The van der Waals surface area contributed by atoms with Gasteiger partial charge in [0.05, 0.1) is 0 Å². The number of piperidine rings is 1. The van der Waals surface area contributed by atoms with Crippen molar-refractivity contribution in [3.05, 3.63) is 72.1 Å². The highest BCUT2D eigenvalue weighted by Gasteiger charge is 2.22. The monoisotopic (exact) mass is 381 g/mol. The first-order valence-corrected chi connectivity index (χ1v) is 9.32. The average Bonchev–Trinajstić information content (AvgIpc) is 2.71. The van der Waals surface area contributed by atoms with E-state index >= 15 is 0 Å². The number of benzene rings is 2. The molecule has 3 rings (SSSR count). The van der Waals surface area contributed by atoms with Crippen LogP contribution in [0.15, 0.2) is 55.1 Å². The van der Waals surface area contributed by atoms with Crippen molar-refractivity contribution in [1.82, 2.24) is 4.90 Å². The molecule has 2 N–H and O–H groups in total. The average molecular weight is 381 g/mol. The highest BCUT2D eigenvalue weighted by atomic mass is 19.1. The fourth-order valence-electron chi connectivity index (χ4n) is 3.46. The Kier molecular flexibility index (Phi) is 6.09. The van der Waals surface area contributed by atoms with Crippen LogP contribution >= 0.6 is 0 Å². The van der Waals surface area contributed by atoms with Crippen molar-refractivity contribution in [2.75, 3.05) is 23.7 Å². The number of urea groups is 1. The number of halogens is 1. The van der Waals surface area contributed by atoms with Gasteiger partial charge in [-0.05, 0) is 61.6 Å². The van der Waals surface area contributed by atoms with Crippen molar-refractivity contribution < 1.29 is 14.0 Å². The molecule has 28 heavy (non-hydrogen) atoms. The molecule has 3 amide bonds. The van der Waals surface area contributed by atoms with Gasteiger partial charge >= 0.3 is 6.03 Å². The van der Waals surface area contributed by atoms with Gasteiger partial charge in [0, 0.05) is 30.0 Å². The normalized spacial score (nSPS) is 14.4. The van der Waals surface area contributed by atoms with Crippen molar-refractivity contribution in [2.24, 2.45) is 0 Å². The number of hydrogen-bond acceptors (Lipinski definition) is 2. The molecule has 1 heterocycles. The molecule has 0 aromatic heterocycles. The van der Waals surface area contributed by atoms with Crippen LogP contribution in [-0.2, 0) is 4.79 Å². The molecule has 2 aromatic carbocycles. The van der Waals surface area contributed by atoms with E-state index < -0.39 is 6.03 Å². The van der Waals surface area contributed by atoms with E-state index in [1.807, 2.05) is 24.3 Å². The van der Waals surface area contributed by atoms with E-state index in [2.05, 4.69) is 17.2 Å². The lowest BCUT2D eigenvalue weighted by Crippen LogP contribution is -2.36. The molecule has 1 saturated heterocycles. The van der Waals surface area contributed by atoms with Crippen LogP contribution in [0.1, 0.15) is 29.9 Å². The van der Waals surface area contributed by atoms with E-state index in [-0.39, 0.29) is 11.7 Å². The number of carbonyl (C=O) groups excluding carboxylic acids is 2. The Morgan fingerprint density at radius 3 is 2.57 bits per heavy atom. The fourth-order valence-corrected chi connectivity index (χ4v) is 3.46. The molecule has 5 nitrogen and oxygen atoms in total. The standard InChI is InChI=1S/C22H24FN3O2/c1-3-21(27)26-12-10-16(11-13-26)17-6-4-7-18(14-17)24-22(28)25-20-9-5-8-19(23)15(20)2/h3-9,14,16H,1,10-13H2,2H3,(H2,24,25,28). The second-order valence-corrected chi connectivity index (χ2v) is 6.92. The number of anilines is 2. The first-order valence-electron chi connectivity index (χ1n) is 9.32. The number of likely N-dealkylation sites (tertiary alicyclic amines) is 1. The molecule has 1 aliphatic rings. The van der Waals surface area contributed by atoms with Crippen LogP contribution in [0.25, 0.3) is 0 Å². The number of carbonyl (C=O) groups is 2. The molecule has 6 heteroatoms. The summed E-state index contributed by atoms with van der Waals surface area (Å²) in [5.74, 6) is -0.0524. The predicted molar refractivity (Wildman–Crippen MR) is 109 cm³/mol. The second kappa shape index (κ2) is 8.69. The largest absolute Gasteiger partial charge is 0.339 e. The zero-order valence-corrected chi connectivity index (χ0v) is 15.9. The number of rotatable bonds is 4. The maximum atomic E-state index is 13.6. The van der Waals surface area contributed by atoms with Crippen LogP contribution in [0.5, 0.6) is 0 Å². The highest BCUT2D eigenvalue weighted by Crippen LogP contribution is 2.29. The van der Waals surface area contributed by atoms with Gasteiger partial charge in [-0.25, -0.2) is 9.18 Å². The van der Waals surface area contributed by atoms with Crippen molar-refractivity contribution >= 4 is 23.3 Å². The molecule has 1 aliphatic heterocycles. The maximum Gasteiger partial charge on any atom is 0.323 e. The zero-order chi connectivity index (χ0) is 20.1. The number of hydrogen-bond donors (Lipinski definition) is 2. The Labute approximate surface area is 164 Å². The lowest BCUT2D eigenvalue weighted by Gasteiger charge is -2.31. The summed E-state index contributed by atoms with van der Waals surface area (Å²) in [5.41, 5.74) is 2.64. The third-order valence-corrected chi connectivity index (χ3v) is 5.11. The summed E-state index contributed by atoms with van der Waals surface area (Å²) < 4.78 is 13.6. The Morgan fingerprint density at radius 2 is 1.86 bits per heavy atom. The first kappa shape index (κ1) is 19.6. The predicted octanol–water partition coefficient (Wildman–Crippen LogP) is 4.67. The van der Waals surface area contributed by atoms with E-state index in [0.29, 0.717) is 35.9 Å². The molecule has 1 fully saturated rings. The second-order valence-electron chi connectivity index (χ2n) is 6.92. The van der Waals surface area contributed by atoms with Crippen molar-refractivity contribution in [3.63, 3.8) is 0 Å². The van der Waals surface area contributed by atoms with Gasteiger partial charge in [0.25, 0.3) is 0 Å². The van der Waals surface area contributed by atoms with Gasteiger partial charge < -0.3 is 15.5 Å². The lowest BCUT2D eigenvalue weighted by atomic mass is 9.89. The highest BCUT2D eigenvalue weighted by molar-refractivity contribution is 6.00. The summed E-state index contributed by atoms with van der Waals surface area (Å²) in [6, 6.07) is 11.9. The minimum absolute atomic E-state index is 0.0295. The molecule has 0 radical (unpaired) electrons. The first-order chi connectivity index (χ1) is 13.5. The summed E-state index contributed by atoms with van der Waals surface area (Å²) in [4.78, 5) is 25.8. The Hall–Kier alpha value is -3.15. The molecule has 0 spiro atoms. The van der Waals surface area contributed by atoms with Gasteiger partial charge in [0.1, 0.15) is 5.82 Å². The van der Waals surface area contributed by atoms with E-state index in [0.717, 1.165) is 18.4 Å². The number of nitrogens with zero attached hydrogens (tertiary/aromatic N) is 1. The molecular weight excluding hydrogens is 357 g/mol. The quantitative estimate of drug-likeness (QED) is 0.756. The van der Waals surface area contributed by atoms with Gasteiger partial charge in [0.2, 0.25) is 5.91 Å². The number of nitrogens with one attached hydrogen (secondary N) is 2. The zero-order valence-electron chi connectivity index (χ0n) is 15.9. The van der Waals surface area contributed by atoms with Gasteiger partial charge in [-0.15, -0.1) is 0 Å². The summed E-state index contributed by atoms with van der Waals surface area (Å²) in [6.45, 7) is 6.56. The topological polar surface area (TPSA) is 61.4 Å². The van der Waals surface area contributed by atoms with Crippen molar-refractivity contribution in [1.29, 1.82) is 0 Å². The summed E-state index contributed by atoms with van der Waals surface area (Å²) in [7, 11) is 0. The minimum Gasteiger partial charge on any atom is -0.339 e. The number of amides is 3. The van der Waals surface area contributed by atoms with E-state index in [4.69, 9.17) is 0 Å². The van der Waals surface area contributed by atoms with Crippen LogP contribution in [-0.4, -0.2) is 29.9 Å². The van der Waals surface area contributed by atoms with Crippen LogP contribution in [0, 0.1) is 12.7 Å². The molecule has 146 valence electrons. The third-order valence-electron chi connectivity index (χ3n) is 5.11. The van der Waals surface area contributed by atoms with E-state index in [9.17, 15) is 14.0 Å². The maximum absolute atomic E-state index is 13.6. The molecule has 0 saturated carbocycles. The smallest absolute Gasteiger partial charge is 0.323 e. The Bertz CT molecular complexity index is 889. The summed E-state index contributed by atoms with van der Waals surface area (Å²) in [6.07, 6.45) is 3.10. The van der Waals surface area contributed by atoms with Gasteiger partial charge in [0.15, 0.2) is 0 Å². The molecule has 0 unspecified atom stereocenters. The van der Waals surface area contributed by atoms with Crippen molar-refractivity contribution in [3.8, 4) is 0 Å². The van der Waals surface area contributed by atoms with Crippen LogP contribution in [0.4, 0.5) is 20.6 Å². The molecule has 0 aliphatic carbocycles. The van der Waals surface area contributed by atoms with E-state index in [1.54, 1.807) is 24.0 Å². The SMILES string of the molecule is C=CC(=O)N1CCC(c2cccc(NC(=O)Nc3cccc(F)c3C)c2)CC1. The molecule has 2 aromatic rings. The van der Waals surface area contributed by atoms with Gasteiger partial charge in [-0.2, -0.15) is 0 Å².